The average Bonchev–Trinajstić information content (AvgIpc) is 2.90. The van der Waals surface area contributed by atoms with Crippen LogP contribution in [-0.2, 0) is 4.74 Å². The molecule has 88 valence electrons. The standard InChI is InChI=1S/C13H15N3O/c1-2-4-12(5-3-1)16-11-14-10-13(16)15-6-8-17-9-7-15/h1-5,10-11H,6-9H2. The van der Waals surface area contributed by atoms with Crippen LogP contribution < -0.4 is 4.90 Å². The van der Waals surface area contributed by atoms with E-state index < -0.39 is 0 Å². The van der Waals surface area contributed by atoms with Gasteiger partial charge in [-0.1, -0.05) is 18.2 Å². The number of anilines is 1. The maximum absolute atomic E-state index is 5.37. The van der Waals surface area contributed by atoms with E-state index >= 15 is 0 Å². The molecular weight excluding hydrogens is 214 g/mol. The third-order valence-electron chi connectivity index (χ3n) is 2.99. The van der Waals surface area contributed by atoms with Crippen molar-refractivity contribution >= 4 is 5.82 Å². The Labute approximate surface area is 100 Å². The number of ether oxygens (including phenoxy) is 1. The van der Waals surface area contributed by atoms with Gasteiger partial charge in [0.1, 0.15) is 12.1 Å². The molecule has 1 aliphatic heterocycles. The van der Waals surface area contributed by atoms with Gasteiger partial charge in [-0.25, -0.2) is 4.98 Å². The molecular formula is C13H15N3O. The molecule has 3 rings (SSSR count). The second-order valence-electron chi connectivity index (χ2n) is 4.06. The Balaban J connectivity index is 1.93. The topological polar surface area (TPSA) is 30.3 Å². The Bertz CT molecular complexity index is 474. The molecule has 0 aliphatic carbocycles. The number of morpholine rings is 1. The summed E-state index contributed by atoms with van der Waals surface area (Å²) in [5.74, 6) is 1.14. The van der Waals surface area contributed by atoms with Crippen LogP contribution in [0.4, 0.5) is 5.82 Å². The van der Waals surface area contributed by atoms with Gasteiger partial charge in [-0.05, 0) is 12.1 Å². The van der Waals surface area contributed by atoms with E-state index in [-0.39, 0.29) is 0 Å². The molecule has 4 nitrogen and oxygen atoms in total. The maximum Gasteiger partial charge on any atom is 0.133 e. The molecule has 0 radical (unpaired) electrons. The van der Waals surface area contributed by atoms with E-state index in [1.807, 2.05) is 30.7 Å². The molecule has 0 N–H and O–H groups in total. The number of benzene rings is 1. The zero-order valence-corrected chi connectivity index (χ0v) is 9.62. The molecule has 1 fully saturated rings. The van der Waals surface area contributed by atoms with E-state index in [4.69, 9.17) is 4.74 Å². The smallest absolute Gasteiger partial charge is 0.133 e. The first-order chi connectivity index (χ1) is 8.45. The van der Waals surface area contributed by atoms with Crippen molar-refractivity contribution < 1.29 is 4.74 Å². The fraction of sp³-hybridized carbons (Fsp3) is 0.308. The molecule has 2 aromatic rings. The number of para-hydroxylation sites is 1. The first-order valence-electron chi connectivity index (χ1n) is 5.85. The van der Waals surface area contributed by atoms with Crippen molar-refractivity contribution in [2.45, 2.75) is 0 Å². The highest BCUT2D eigenvalue weighted by molar-refractivity contribution is 5.47. The largest absolute Gasteiger partial charge is 0.378 e. The molecule has 1 saturated heterocycles. The van der Waals surface area contributed by atoms with E-state index in [9.17, 15) is 0 Å². The Morgan fingerprint density at radius 3 is 2.59 bits per heavy atom. The highest BCUT2D eigenvalue weighted by atomic mass is 16.5. The van der Waals surface area contributed by atoms with Crippen molar-refractivity contribution in [1.82, 2.24) is 9.55 Å². The maximum atomic E-state index is 5.37. The summed E-state index contributed by atoms with van der Waals surface area (Å²) in [7, 11) is 0. The molecule has 2 heterocycles. The number of rotatable bonds is 2. The molecule has 0 bridgehead atoms. The third kappa shape index (κ3) is 2.03. The fourth-order valence-corrected chi connectivity index (χ4v) is 2.10. The molecule has 0 spiro atoms. The summed E-state index contributed by atoms with van der Waals surface area (Å²) in [4.78, 5) is 6.56. The van der Waals surface area contributed by atoms with Crippen LogP contribution in [0.3, 0.4) is 0 Å². The molecule has 17 heavy (non-hydrogen) atoms. The summed E-state index contributed by atoms with van der Waals surface area (Å²) >= 11 is 0. The van der Waals surface area contributed by atoms with Crippen molar-refractivity contribution in [3.63, 3.8) is 0 Å². The van der Waals surface area contributed by atoms with Crippen LogP contribution in [0.1, 0.15) is 0 Å². The first-order valence-corrected chi connectivity index (χ1v) is 5.85. The number of hydrogen-bond acceptors (Lipinski definition) is 3. The first kappa shape index (κ1) is 10.4. The fourth-order valence-electron chi connectivity index (χ4n) is 2.10. The van der Waals surface area contributed by atoms with Gasteiger partial charge in [-0.2, -0.15) is 0 Å². The summed E-state index contributed by atoms with van der Waals surface area (Å²) < 4.78 is 7.49. The van der Waals surface area contributed by atoms with Crippen LogP contribution in [0.25, 0.3) is 5.69 Å². The Kier molecular flexibility index (Phi) is 2.80. The van der Waals surface area contributed by atoms with Crippen molar-refractivity contribution in [2.24, 2.45) is 0 Å². The second kappa shape index (κ2) is 4.59. The van der Waals surface area contributed by atoms with Crippen LogP contribution in [0.15, 0.2) is 42.9 Å². The molecule has 0 amide bonds. The summed E-state index contributed by atoms with van der Waals surface area (Å²) in [5.41, 5.74) is 1.14. The Hall–Kier alpha value is -1.81. The van der Waals surface area contributed by atoms with Crippen LogP contribution in [0.2, 0.25) is 0 Å². The molecule has 0 saturated carbocycles. The van der Waals surface area contributed by atoms with Crippen molar-refractivity contribution in [3.05, 3.63) is 42.9 Å². The van der Waals surface area contributed by atoms with Gasteiger partial charge in [0, 0.05) is 18.8 Å². The van der Waals surface area contributed by atoms with E-state index in [1.54, 1.807) is 0 Å². The van der Waals surface area contributed by atoms with E-state index in [2.05, 4.69) is 26.6 Å². The zero-order chi connectivity index (χ0) is 11.5. The summed E-state index contributed by atoms with van der Waals surface area (Å²) in [6.07, 6.45) is 3.78. The zero-order valence-electron chi connectivity index (χ0n) is 9.62. The third-order valence-corrected chi connectivity index (χ3v) is 2.99. The van der Waals surface area contributed by atoms with Gasteiger partial charge in [-0.15, -0.1) is 0 Å². The molecule has 4 heteroatoms. The van der Waals surface area contributed by atoms with Crippen molar-refractivity contribution in [2.75, 3.05) is 31.2 Å². The number of nitrogens with zero attached hydrogens (tertiary/aromatic N) is 3. The van der Waals surface area contributed by atoms with Gasteiger partial charge in [-0.3, -0.25) is 4.57 Å². The van der Waals surface area contributed by atoms with Gasteiger partial charge >= 0.3 is 0 Å². The van der Waals surface area contributed by atoms with Gasteiger partial charge in [0.2, 0.25) is 0 Å². The SMILES string of the molecule is c1ccc(-n2cncc2N2CCOCC2)cc1. The minimum Gasteiger partial charge on any atom is -0.378 e. The molecule has 0 unspecified atom stereocenters. The summed E-state index contributed by atoms with van der Waals surface area (Å²) in [6.45, 7) is 3.44. The summed E-state index contributed by atoms with van der Waals surface area (Å²) in [6, 6.07) is 10.3. The minimum atomic E-state index is 0.792. The van der Waals surface area contributed by atoms with Crippen molar-refractivity contribution in [3.8, 4) is 5.69 Å². The monoisotopic (exact) mass is 229 g/mol. The highest BCUT2D eigenvalue weighted by Crippen LogP contribution is 2.20. The molecule has 0 atom stereocenters. The molecule has 1 aromatic carbocycles. The van der Waals surface area contributed by atoms with Gasteiger partial charge in [0.15, 0.2) is 0 Å². The average molecular weight is 229 g/mol. The van der Waals surface area contributed by atoms with E-state index in [0.717, 1.165) is 37.8 Å². The lowest BCUT2D eigenvalue weighted by molar-refractivity contribution is 0.122. The lowest BCUT2D eigenvalue weighted by Crippen LogP contribution is -2.37. The second-order valence-corrected chi connectivity index (χ2v) is 4.06. The summed E-state index contributed by atoms with van der Waals surface area (Å²) in [5, 5.41) is 0. The lowest BCUT2D eigenvalue weighted by atomic mass is 10.3. The number of hydrogen-bond donors (Lipinski definition) is 0. The lowest BCUT2D eigenvalue weighted by Gasteiger charge is -2.29. The predicted octanol–water partition coefficient (Wildman–Crippen LogP) is 1.71. The highest BCUT2D eigenvalue weighted by Gasteiger charge is 2.15. The van der Waals surface area contributed by atoms with Crippen molar-refractivity contribution in [1.29, 1.82) is 0 Å². The van der Waals surface area contributed by atoms with E-state index in [0.29, 0.717) is 0 Å². The Morgan fingerprint density at radius 2 is 1.82 bits per heavy atom. The van der Waals surface area contributed by atoms with Gasteiger partial charge < -0.3 is 9.64 Å². The van der Waals surface area contributed by atoms with Gasteiger partial charge in [0.05, 0.1) is 19.4 Å². The quantitative estimate of drug-likeness (QED) is 0.785. The molecule has 1 aromatic heterocycles. The van der Waals surface area contributed by atoms with Crippen LogP contribution in [0.5, 0.6) is 0 Å². The number of imidazole rings is 1. The van der Waals surface area contributed by atoms with Gasteiger partial charge in [0.25, 0.3) is 0 Å². The van der Waals surface area contributed by atoms with Crippen LogP contribution in [-0.4, -0.2) is 35.9 Å². The molecule has 1 aliphatic rings. The normalized spacial score (nSPS) is 16.1. The predicted molar refractivity (Wildman–Crippen MR) is 66.6 cm³/mol. The van der Waals surface area contributed by atoms with Crippen LogP contribution in [0, 0.1) is 0 Å². The van der Waals surface area contributed by atoms with E-state index in [1.165, 1.54) is 0 Å². The number of aromatic nitrogens is 2. The Morgan fingerprint density at radius 1 is 1.06 bits per heavy atom. The minimum absolute atomic E-state index is 0.792. The van der Waals surface area contributed by atoms with Crippen LogP contribution >= 0.6 is 0 Å².